The van der Waals surface area contributed by atoms with Gasteiger partial charge < -0.3 is 14.2 Å². The molecule has 0 saturated carbocycles. The van der Waals surface area contributed by atoms with E-state index >= 15 is 0 Å². The van der Waals surface area contributed by atoms with E-state index in [1.165, 1.54) is 7.11 Å². The summed E-state index contributed by atoms with van der Waals surface area (Å²) >= 11 is 0. The fraction of sp³-hybridized carbons (Fsp3) is 0.909. The van der Waals surface area contributed by atoms with Gasteiger partial charge in [-0.3, -0.25) is 0 Å². The van der Waals surface area contributed by atoms with Crippen LogP contribution in [0, 0.1) is 11.3 Å². The van der Waals surface area contributed by atoms with E-state index in [1.807, 2.05) is 0 Å². The second-order valence-electron chi connectivity index (χ2n) is 5.12. The second-order valence-corrected chi connectivity index (χ2v) is 5.12. The highest BCUT2D eigenvalue weighted by Gasteiger charge is 2.43. The Morgan fingerprint density at radius 1 is 1.33 bits per heavy atom. The van der Waals surface area contributed by atoms with Crippen LogP contribution in [0.25, 0.3) is 0 Å². The molecule has 0 aromatic carbocycles. The molecule has 0 atom stereocenters. The van der Waals surface area contributed by atoms with Gasteiger partial charge >= 0.3 is 5.97 Å². The minimum atomic E-state index is -1.23. The van der Waals surface area contributed by atoms with Gasteiger partial charge in [0.2, 0.25) is 0 Å². The molecule has 0 aliphatic carbocycles. The summed E-state index contributed by atoms with van der Waals surface area (Å²) in [5.74, 6) is -1.40. The minimum Gasteiger partial charge on any atom is -0.465 e. The molecule has 0 spiro atoms. The zero-order valence-electron chi connectivity index (χ0n) is 10.1. The Bertz CT molecular complexity index is 233. The number of hydrogen-bond acceptors (Lipinski definition) is 4. The number of carbonyl (C=O) groups excluding carboxylic acids is 1. The topological polar surface area (TPSA) is 44.8 Å². The molecule has 0 radical (unpaired) electrons. The highest BCUT2D eigenvalue weighted by atomic mass is 16.7. The van der Waals surface area contributed by atoms with Crippen LogP contribution in [0.15, 0.2) is 0 Å². The Kier molecular flexibility index (Phi) is 3.41. The molecule has 0 N–H and O–H groups in total. The monoisotopic (exact) mass is 216 g/mol. The van der Waals surface area contributed by atoms with Crippen LogP contribution in [0.3, 0.4) is 0 Å². The first-order chi connectivity index (χ1) is 6.79. The Labute approximate surface area is 90.9 Å². The van der Waals surface area contributed by atoms with Crippen molar-refractivity contribution in [3.05, 3.63) is 0 Å². The average molecular weight is 216 g/mol. The van der Waals surface area contributed by atoms with Crippen molar-refractivity contribution < 1.29 is 19.0 Å². The largest absolute Gasteiger partial charge is 0.465 e. The van der Waals surface area contributed by atoms with E-state index in [0.717, 1.165) is 0 Å². The smallest absolute Gasteiger partial charge is 0.366 e. The number of rotatable bonds is 1. The van der Waals surface area contributed by atoms with Crippen molar-refractivity contribution in [2.24, 2.45) is 11.3 Å². The van der Waals surface area contributed by atoms with Crippen molar-refractivity contribution in [3.8, 4) is 0 Å². The maximum absolute atomic E-state index is 11.4. The highest BCUT2D eigenvalue weighted by Crippen LogP contribution is 2.33. The van der Waals surface area contributed by atoms with E-state index in [1.54, 1.807) is 6.92 Å². The lowest BCUT2D eigenvalue weighted by atomic mass is 9.81. The van der Waals surface area contributed by atoms with E-state index in [4.69, 9.17) is 9.47 Å². The Morgan fingerprint density at radius 3 is 2.13 bits per heavy atom. The summed E-state index contributed by atoms with van der Waals surface area (Å²) in [6.45, 7) is 9.03. The fourth-order valence-corrected chi connectivity index (χ4v) is 1.41. The van der Waals surface area contributed by atoms with E-state index in [0.29, 0.717) is 19.1 Å². The molecule has 15 heavy (non-hydrogen) atoms. The van der Waals surface area contributed by atoms with Crippen LogP contribution in [0.5, 0.6) is 0 Å². The van der Waals surface area contributed by atoms with Crippen LogP contribution in [-0.4, -0.2) is 32.1 Å². The molecule has 1 aliphatic heterocycles. The van der Waals surface area contributed by atoms with Gasteiger partial charge in [-0.05, 0) is 5.41 Å². The van der Waals surface area contributed by atoms with E-state index in [2.05, 4.69) is 25.5 Å². The van der Waals surface area contributed by atoms with E-state index < -0.39 is 11.8 Å². The molecule has 0 unspecified atom stereocenters. The van der Waals surface area contributed by atoms with Crippen LogP contribution >= 0.6 is 0 Å². The van der Waals surface area contributed by atoms with Crippen LogP contribution < -0.4 is 0 Å². The summed E-state index contributed by atoms with van der Waals surface area (Å²) in [6.07, 6.45) is 0. The Balaban J connectivity index is 2.59. The predicted octanol–water partition coefficient (Wildman–Crippen LogP) is 1.58. The van der Waals surface area contributed by atoms with Crippen molar-refractivity contribution in [2.75, 3.05) is 20.3 Å². The number of hydrogen-bond donors (Lipinski definition) is 0. The predicted molar refractivity (Wildman–Crippen MR) is 55.3 cm³/mol. The summed E-state index contributed by atoms with van der Waals surface area (Å²) in [6, 6.07) is 0. The number of ether oxygens (including phenoxy) is 3. The van der Waals surface area contributed by atoms with Crippen molar-refractivity contribution >= 4 is 5.97 Å². The number of esters is 1. The van der Waals surface area contributed by atoms with Crippen LogP contribution in [0.1, 0.15) is 27.7 Å². The fourth-order valence-electron chi connectivity index (χ4n) is 1.41. The SMILES string of the molecule is COC(=O)C1(C)OCC(C(C)(C)C)CO1. The maximum atomic E-state index is 11.4. The molecule has 4 nitrogen and oxygen atoms in total. The lowest BCUT2D eigenvalue weighted by Crippen LogP contribution is -2.50. The molecule has 1 fully saturated rings. The van der Waals surface area contributed by atoms with Gasteiger partial charge in [0, 0.05) is 12.8 Å². The molecule has 1 heterocycles. The van der Waals surface area contributed by atoms with Crippen LogP contribution in [0.4, 0.5) is 0 Å². The molecule has 1 rings (SSSR count). The van der Waals surface area contributed by atoms with Gasteiger partial charge in [-0.2, -0.15) is 0 Å². The lowest BCUT2D eigenvalue weighted by molar-refractivity contribution is -0.280. The normalized spacial score (nSPS) is 32.5. The standard InChI is InChI=1S/C11H20O4/c1-10(2,3)8-6-14-11(4,15-7-8)9(12)13-5/h8H,6-7H2,1-5H3. The zero-order chi connectivity index (χ0) is 11.7. The third kappa shape index (κ3) is 2.69. The van der Waals surface area contributed by atoms with Gasteiger partial charge in [0.15, 0.2) is 0 Å². The van der Waals surface area contributed by atoms with E-state index in [9.17, 15) is 4.79 Å². The molecule has 0 bridgehead atoms. The molecule has 1 aliphatic rings. The second kappa shape index (κ2) is 4.10. The summed E-state index contributed by atoms with van der Waals surface area (Å²) in [4.78, 5) is 11.4. The molecular weight excluding hydrogens is 196 g/mol. The summed E-state index contributed by atoms with van der Waals surface area (Å²) in [5, 5.41) is 0. The minimum absolute atomic E-state index is 0.122. The van der Waals surface area contributed by atoms with Crippen LogP contribution in [-0.2, 0) is 19.0 Å². The van der Waals surface area contributed by atoms with Gasteiger partial charge in [0.25, 0.3) is 5.79 Å². The molecule has 88 valence electrons. The van der Waals surface area contributed by atoms with Gasteiger partial charge in [0.1, 0.15) is 0 Å². The molecule has 4 heteroatoms. The molecule has 0 amide bonds. The quantitative estimate of drug-likeness (QED) is 0.624. The maximum Gasteiger partial charge on any atom is 0.366 e. The van der Waals surface area contributed by atoms with Crippen molar-refractivity contribution in [1.82, 2.24) is 0 Å². The van der Waals surface area contributed by atoms with Crippen molar-refractivity contribution in [1.29, 1.82) is 0 Å². The number of methoxy groups -OCH3 is 1. The number of carbonyl (C=O) groups is 1. The first kappa shape index (κ1) is 12.5. The third-order valence-corrected chi connectivity index (χ3v) is 2.90. The van der Waals surface area contributed by atoms with Gasteiger partial charge in [0.05, 0.1) is 20.3 Å². The van der Waals surface area contributed by atoms with Gasteiger partial charge in [-0.15, -0.1) is 0 Å². The molecule has 0 aromatic rings. The van der Waals surface area contributed by atoms with Crippen LogP contribution in [0.2, 0.25) is 0 Å². The average Bonchev–Trinajstić information content (AvgIpc) is 2.15. The highest BCUT2D eigenvalue weighted by molar-refractivity contribution is 5.77. The van der Waals surface area contributed by atoms with E-state index in [-0.39, 0.29) is 5.41 Å². The summed E-state index contributed by atoms with van der Waals surface area (Å²) in [7, 11) is 1.33. The lowest BCUT2D eigenvalue weighted by Gasteiger charge is -2.40. The molecule has 1 saturated heterocycles. The first-order valence-corrected chi connectivity index (χ1v) is 5.16. The summed E-state index contributed by atoms with van der Waals surface area (Å²) < 4.78 is 15.5. The first-order valence-electron chi connectivity index (χ1n) is 5.16. The zero-order valence-corrected chi connectivity index (χ0v) is 10.1. The van der Waals surface area contributed by atoms with Gasteiger partial charge in [-0.1, -0.05) is 20.8 Å². The van der Waals surface area contributed by atoms with Crippen molar-refractivity contribution in [2.45, 2.75) is 33.5 Å². The Morgan fingerprint density at radius 2 is 1.80 bits per heavy atom. The molecule has 0 aromatic heterocycles. The third-order valence-electron chi connectivity index (χ3n) is 2.90. The Hall–Kier alpha value is -0.610. The summed E-state index contributed by atoms with van der Waals surface area (Å²) in [5.41, 5.74) is 0.122. The van der Waals surface area contributed by atoms with Gasteiger partial charge in [-0.25, -0.2) is 4.79 Å². The van der Waals surface area contributed by atoms with Crippen molar-refractivity contribution in [3.63, 3.8) is 0 Å². The molecular formula is C11H20O4.